The Morgan fingerprint density at radius 1 is 1.15 bits per heavy atom. The number of benzene rings is 2. The number of carbonyl (C=O) groups excluding carboxylic acids is 1. The topological polar surface area (TPSA) is 84.5 Å². The monoisotopic (exact) mass is 374 g/mol. The average molecular weight is 374 g/mol. The molecule has 0 heterocycles. The Kier molecular flexibility index (Phi) is 7.08. The number of anilines is 1. The zero-order chi connectivity index (χ0) is 19.0. The molecule has 6 nitrogen and oxygen atoms in total. The van der Waals surface area contributed by atoms with Crippen molar-refractivity contribution in [3.05, 3.63) is 65.7 Å². The Labute approximate surface area is 153 Å². The van der Waals surface area contributed by atoms with Crippen LogP contribution in [0.2, 0.25) is 0 Å². The maximum Gasteiger partial charge on any atom is 0.248 e. The molecular weight excluding hydrogens is 352 g/mol. The molecule has 0 bridgehead atoms. The van der Waals surface area contributed by atoms with Crippen LogP contribution >= 0.6 is 0 Å². The van der Waals surface area contributed by atoms with E-state index in [1.165, 1.54) is 18.2 Å². The standard InChI is InChI=1S/C19H22N2O4S/c1-3-20-26(23,24)18-10-7-15(8-11-18)9-12-19(22)21-17-6-4-5-16(13-17)14-25-2/h4-13,20H,3,14H2,1-2H3,(H,21,22)/b12-9+. The zero-order valence-electron chi connectivity index (χ0n) is 14.7. The zero-order valence-corrected chi connectivity index (χ0v) is 15.5. The van der Waals surface area contributed by atoms with Crippen LogP contribution in [0.1, 0.15) is 18.1 Å². The molecule has 0 radical (unpaired) electrons. The maximum atomic E-state index is 12.0. The fourth-order valence-electron chi connectivity index (χ4n) is 2.29. The van der Waals surface area contributed by atoms with Crippen molar-refractivity contribution in [2.24, 2.45) is 0 Å². The van der Waals surface area contributed by atoms with Gasteiger partial charge in [-0.2, -0.15) is 0 Å². The van der Waals surface area contributed by atoms with Gasteiger partial charge in [-0.05, 0) is 41.5 Å². The van der Waals surface area contributed by atoms with Crippen molar-refractivity contribution >= 4 is 27.7 Å². The van der Waals surface area contributed by atoms with Crippen molar-refractivity contribution in [1.29, 1.82) is 0 Å². The second-order valence-electron chi connectivity index (χ2n) is 5.53. The number of ether oxygens (including phenoxy) is 1. The number of amides is 1. The van der Waals surface area contributed by atoms with Gasteiger partial charge in [0.05, 0.1) is 11.5 Å². The largest absolute Gasteiger partial charge is 0.380 e. The Bertz CT molecular complexity index is 875. The van der Waals surface area contributed by atoms with Crippen molar-refractivity contribution < 1.29 is 17.9 Å². The number of carbonyl (C=O) groups is 1. The van der Waals surface area contributed by atoms with E-state index in [1.54, 1.807) is 38.3 Å². The first-order valence-corrected chi connectivity index (χ1v) is 9.59. The van der Waals surface area contributed by atoms with E-state index < -0.39 is 10.0 Å². The summed E-state index contributed by atoms with van der Waals surface area (Å²) < 4.78 is 31.3. The van der Waals surface area contributed by atoms with Gasteiger partial charge in [-0.3, -0.25) is 4.79 Å². The summed E-state index contributed by atoms with van der Waals surface area (Å²) in [6.45, 7) is 2.52. The number of sulfonamides is 1. The van der Waals surface area contributed by atoms with Gasteiger partial charge in [-0.15, -0.1) is 0 Å². The minimum atomic E-state index is -3.47. The van der Waals surface area contributed by atoms with Gasteiger partial charge in [0.25, 0.3) is 0 Å². The van der Waals surface area contributed by atoms with Crippen LogP contribution in [-0.2, 0) is 26.2 Å². The first kappa shape index (κ1) is 19.8. The van der Waals surface area contributed by atoms with E-state index in [-0.39, 0.29) is 10.8 Å². The summed E-state index contributed by atoms with van der Waals surface area (Å²) in [6, 6.07) is 13.7. The molecule has 1 amide bonds. The van der Waals surface area contributed by atoms with Crippen LogP contribution < -0.4 is 10.0 Å². The van der Waals surface area contributed by atoms with Crippen molar-refractivity contribution in [1.82, 2.24) is 4.72 Å². The molecule has 0 aliphatic heterocycles. The fourth-order valence-corrected chi connectivity index (χ4v) is 3.33. The molecule has 0 aromatic heterocycles. The smallest absolute Gasteiger partial charge is 0.248 e. The number of hydrogen-bond donors (Lipinski definition) is 2. The van der Waals surface area contributed by atoms with Gasteiger partial charge in [0.15, 0.2) is 0 Å². The van der Waals surface area contributed by atoms with Crippen LogP contribution in [0.5, 0.6) is 0 Å². The molecule has 0 unspecified atom stereocenters. The average Bonchev–Trinajstić information content (AvgIpc) is 2.61. The lowest BCUT2D eigenvalue weighted by Crippen LogP contribution is -2.22. The fraction of sp³-hybridized carbons (Fsp3) is 0.211. The highest BCUT2D eigenvalue weighted by Crippen LogP contribution is 2.13. The molecule has 26 heavy (non-hydrogen) atoms. The molecule has 0 saturated heterocycles. The van der Waals surface area contributed by atoms with Gasteiger partial charge in [0.1, 0.15) is 0 Å². The molecule has 2 rings (SSSR count). The molecular formula is C19H22N2O4S. The molecule has 0 saturated carbocycles. The Balaban J connectivity index is 2.01. The van der Waals surface area contributed by atoms with Gasteiger partial charge < -0.3 is 10.1 Å². The van der Waals surface area contributed by atoms with E-state index in [1.807, 2.05) is 18.2 Å². The third-order valence-electron chi connectivity index (χ3n) is 3.46. The van der Waals surface area contributed by atoms with E-state index in [0.29, 0.717) is 18.8 Å². The Morgan fingerprint density at radius 3 is 2.54 bits per heavy atom. The Hall–Kier alpha value is -2.48. The summed E-state index contributed by atoms with van der Waals surface area (Å²) in [5.41, 5.74) is 2.37. The molecule has 138 valence electrons. The van der Waals surface area contributed by atoms with Crippen LogP contribution in [0.3, 0.4) is 0 Å². The molecule has 2 aromatic rings. The van der Waals surface area contributed by atoms with Crippen LogP contribution in [0.15, 0.2) is 59.5 Å². The molecule has 7 heteroatoms. The predicted molar refractivity (Wildman–Crippen MR) is 102 cm³/mol. The van der Waals surface area contributed by atoms with Crippen LogP contribution in [0.4, 0.5) is 5.69 Å². The lowest BCUT2D eigenvalue weighted by Gasteiger charge is -2.05. The second kappa shape index (κ2) is 9.28. The predicted octanol–water partition coefficient (Wildman–Crippen LogP) is 2.78. The van der Waals surface area contributed by atoms with E-state index in [0.717, 1.165) is 11.1 Å². The molecule has 2 aromatic carbocycles. The summed E-state index contributed by atoms with van der Waals surface area (Å²) in [7, 11) is -1.86. The summed E-state index contributed by atoms with van der Waals surface area (Å²) in [6.07, 6.45) is 3.02. The van der Waals surface area contributed by atoms with E-state index in [4.69, 9.17) is 4.74 Å². The van der Waals surface area contributed by atoms with Gasteiger partial charge in [-0.25, -0.2) is 13.1 Å². The SMILES string of the molecule is CCNS(=O)(=O)c1ccc(/C=C/C(=O)Nc2cccc(COC)c2)cc1. The van der Waals surface area contributed by atoms with E-state index >= 15 is 0 Å². The highest BCUT2D eigenvalue weighted by atomic mass is 32.2. The van der Waals surface area contributed by atoms with E-state index in [2.05, 4.69) is 10.0 Å². The highest BCUT2D eigenvalue weighted by Gasteiger charge is 2.11. The van der Waals surface area contributed by atoms with Crippen LogP contribution in [0, 0.1) is 0 Å². The number of nitrogens with one attached hydrogen (secondary N) is 2. The summed E-state index contributed by atoms with van der Waals surface area (Å²) in [5.74, 6) is -0.274. The molecule has 0 fully saturated rings. The lowest BCUT2D eigenvalue weighted by molar-refractivity contribution is -0.111. The number of rotatable bonds is 8. The third-order valence-corrected chi connectivity index (χ3v) is 5.02. The van der Waals surface area contributed by atoms with Gasteiger partial charge in [0.2, 0.25) is 15.9 Å². The molecule has 0 atom stereocenters. The molecule has 0 aliphatic rings. The van der Waals surface area contributed by atoms with Crippen molar-refractivity contribution in [2.75, 3.05) is 19.0 Å². The second-order valence-corrected chi connectivity index (χ2v) is 7.29. The van der Waals surface area contributed by atoms with Crippen molar-refractivity contribution in [3.63, 3.8) is 0 Å². The highest BCUT2D eigenvalue weighted by molar-refractivity contribution is 7.89. The van der Waals surface area contributed by atoms with Crippen molar-refractivity contribution in [3.8, 4) is 0 Å². The van der Waals surface area contributed by atoms with E-state index in [9.17, 15) is 13.2 Å². The van der Waals surface area contributed by atoms with Crippen molar-refractivity contribution in [2.45, 2.75) is 18.4 Å². The lowest BCUT2D eigenvalue weighted by atomic mass is 10.2. The Morgan fingerprint density at radius 2 is 1.88 bits per heavy atom. The molecule has 2 N–H and O–H groups in total. The summed E-state index contributed by atoms with van der Waals surface area (Å²) in [5, 5.41) is 2.78. The third kappa shape index (κ3) is 5.80. The van der Waals surface area contributed by atoms with Gasteiger partial charge in [0, 0.05) is 25.4 Å². The minimum absolute atomic E-state index is 0.191. The van der Waals surface area contributed by atoms with Crippen LogP contribution in [-0.4, -0.2) is 28.0 Å². The minimum Gasteiger partial charge on any atom is -0.380 e. The van der Waals surface area contributed by atoms with Gasteiger partial charge in [-0.1, -0.05) is 31.2 Å². The van der Waals surface area contributed by atoms with Crippen LogP contribution in [0.25, 0.3) is 6.08 Å². The van der Waals surface area contributed by atoms with Gasteiger partial charge >= 0.3 is 0 Å². The molecule has 0 spiro atoms. The summed E-state index contributed by atoms with van der Waals surface area (Å²) in [4.78, 5) is 12.2. The first-order chi connectivity index (χ1) is 12.4. The summed E-state index contributed by atoms with van der Waals surface area (Å²) >= 11 is 0. The quantitative estimate of drug-likeness (QED) is 0.696. The molecule has 0 aliphatic carbocycles. The number of methoxy groups -OCH3 is 1. The number of hydrogen-bond acceptors (Lipinski definition) is 4. The first-order valence-electron chi connectivity index (χ1n) is 8.11. The normalized spacial score (nSPS) is 11.6. The maximum absolute atomic E-state index is 12.0.